The Morgan fingerprint density at radius 2 is 2.05 bits per heavy atom. The van der Waals surface area contributed by atoms with Crippen molar-refractivity contribution in [2.75, 3.05) is 7.11 Å². The van der Waals surface area contributed by atoms with Crippen LogP contribution >= 0.6 is 0 Å². The van der Waals surface area contributed by atoms with Gasteiger partial charge in [0.05, 0.1) is 7.11 Å². The lowest BCUT2D eigenvalue weighted by molar-refractivity contribution is -0.144. The minimum absolute atomic E-state index is 0.175. The zero-order valence-electron chi connectivity index (χ0n) is 10.9. The van der Waals surface area contributed by atoms with E-state index in [4.69, 9.17) is 0 Å². The summed E-state index contributed by atoms with van der Waals surface area (Å²) >= 11 is 0. The smallest absolute Gasteiger partial charge is 0.328 e. The van der Waals surface area contributed by atoms with Crippen LogP contribution in [0, 0.1) is 0 Å². The van der Waals surface area contributed by atoms with Crippen LogP contribution < -0.4 is 5.32 Å². The Morgan fingerprint density at radius 1 is 1.32 bits per heavy atom. The van der Waals surface area contributed by atoms with Gasteiger partial charge in [-0.05, 0) is 24.4 Å². The summed E-state index contributed by atoms with van der Waals surface area (Å²) in [7, 11) is 1.30. The fraction of sp³-hybridized carbons (Fsp3) is 0.286. The summed E-state index contributed by atoms with van der Waals surface area (Å²) in [5.74, 6) is -0.676. The number of carbonyl (C=O) groups excluding carboxylic acids is 2. The maximum absolute atomic E-state index is 11.8. The predicted octanol–water partition coefficient (Wildman–Crippen LogP) is 1.32. The lowest BCUT2D eigenvalue weighted by Gasteiger charge is -2.12. The molecule has 0 saturated heterocycles. The van der Waals surface area contributed by atoms with Gasteiger partial charge in [0.2, 0.25) is 5.91 Å². The highest BCUT2D eigenvalue weighted by atomic mass is 16.5. The number of nitrogens with one attached hydrogen (secondary N) is 1. The van der Waals surface area contributed by atoms with Crippen molar-refractivity contribution < 1.29 is 14.3 Å². The summed E-state index contributed by atoms with van der Waals surface area (Å²) < 4.78 is 6.40. The maximum atomic E-state index is 11.8. The third kappa shape index (κ3) is 2.93. The number of amides is 1. The van der Waals surface area contributed by atoms with Crippen molar-refractivity contribution in [3.8, 4) is 0 Å². The second-order valence-electron chi connectivity index (χ2n) is 4.31. The highest BCUT2D eigenvalue weighted by Crippen LogP contribution is 2.14. The van der Waals surface area contributed by atoms with E-state index in [9.17, 15) is 9.59 Å². The van der Waals surface area contributed by atoms with E-state index in [2.05, 4.69) is 10.1 Å². The molecule has 2 rings (SSSR count). The van der Waals surface area contributed by atoms with Gasteiger partial charge in [0, 0.05) is 11.7 Å². The van der Waals surface area contributed by atoms with Crippen molar-refractivity contribution in [1.82, 2.24) is 9.88 Å². The molecular weight excluding hydrogens is 244 g/mol. The molecule has 5 nitrogen and oxygen atoms in total. The van der Waals surface area contributed by atoms with Crippen molar-refractivity contribution in [2.45, 2.75) is 19.5 Å². The maximum Gasteiger partial charge on any atom is 0.328 e. The molecule has 1 heterocycles. The number of ether oxygens (including phenoxy) is 1. The van der Waals surface area contributed by atoms with Crippen LogP contribution in [0.15, 0.2) is 36.5 Å². The summed E-state index contributed by atoms with van der Waals surface area (Å²) in [6, 6.07) is 9.12. The number of para-hydroxylation sites is 1. The molecule has 0 radical (unpaired) electrons. The minimum Gasteiger partial charge on any atom is -0.467 e. The first-order valence-electron chi connectivity index (χ1n) is 6.03. The van der Waals surface area contributed by atoms with Crippen molar-refractivity contribution >= 4 is 22.8 Å². The first-order valence-corrected chi connectivity index (χ1v) is 6.03. The fourth-order valence-corrected chi connectivity index (χ4v) is 1.96. The Balaban J connectivity index is 2.05. The topological polar surface area (TPSA) is 60.3 Å². The third-order valence-corrected chi connectivity index (χ3v) is 2.93. The number of hydrogen-bond donors (Lipinski definition) is 1. The van der Waals surface area contributed by atoms with Crippen LogP contribution in [-0.2, 0) is 20.9 Å². The lowest BCUT2D eigenvalue weighted by Crippen LogP contribution is -2.40. The van der Waals surface area contributed by atoms with E-state index in [1.54, 1.807) is 6.92 Å². The van der Waals surface area contributed by atoms with Crippen molar-refractivity contribution in [1.29, 1.82) is 0 Å². The molecule has 1 N–H and O–H groups in total. The van der Waals surface area contributed by atoms with E-state index >= 15 is 0 Å². The van der Waals surface area contributed by atoms with Gasteiger partial charge in [0.25, 0.3) is 0 Å². The number of carbonyl (C=O) groups is 2. The standard InChI is InChI=1S/C14H16N2O3/c1-10(14(18)19-2)15-13(17)9-16-8-7-11-5-3-4-6-12(11)16/h3-8,10H,9H2,1-2H3,(H,15,17)/t10-/m0/s1. The molecule has 19 heavy (non-hydrogen) atoms. The molecule has 0 aliphatic carbocycles. The van der Waals surface area contributed by atoms with Gasteiger partial charge in [-0.2, -0.15) is 0 Å². The molecule has 1 amide bonds. The van der Waals surface area contributed by atoms with Crippen LogP contribution in [0.4, 0.5) is 0 Å². The summed E-state index contributed by atoms with van der Waals surface area (Å²) in [5, 5.41) is 3.68. The summed E-state index contributed by atoms with van der Waals surface area (Å²) in [4.78, 5) is 23.1. The van der Waals surface area contributed by atoms with Crippen molar-refractivity contribution in [2.24, 2.45) is 0 Å². The molecule has 2 aromatic rings. The van der Waals surface area contributed by atoms with E-state index < -0.39 is 12.0 Å². The lowest BCUT2D eigenvalue weighted by atomic mass is 10.2. The van der Waals surface area contributed by atoms with Crippen LogP contribution in [0.25, 0.3) is 10.9 Å². The van der Waals surface area contributed by atoms with Crippen molar-refractivity contribution in [3.63, 3.8) is 0 Å². The highest BCUT2D eigenvalue weighted by molar-refractivity contribution is 5.86. The Hall–Kier alpha value is -2.30. The van der Waals surface area contributed by atoms with E-state index in [0.29, 0.717) is 0 Å². The van der Waals surface area contributed by atoms with Gasteiger partial charge in [-0.1, -0.05) is 18.2 Å². The molecule has 0 aliphatic heterocycles. The molecule has 0 unspecified atom stereocenters. The van der Waals surface area contributed by atoms with Gasteiger partial charge in [-0.3, -0.25) is 4.79 Å². The number of rotatable bonds is 4. The van der Waals surface area contributed by atoms with E-state index in [0.717, 1.165) is 10.9 Å². The van der Waals surface area contributed by atoms with Crippen LogP contribution in [-0.4, -0.2) is 29.6 Å². The zero-order valence-corrected chi connectivity index (χ0v) is 10.9. The van der Waals surface area contributed by atoms with Crippen LogP contribution in [0.2, 0.25) is 0 Å². The highest BCUT2D eigenvalue weighted by Gasteiger charge is 2.16. The zero-order chi connectivity index (χ0) is 13.8. The molecule has 1 aromatic heterocycles. The summed E-state index contributed by atoms with van der Waals surface area (Å²) in [5.41, 5.74) is 0.989. The molecule has 1 aromatic carbocycles. The van der Waals surface area contributed by atoms with Gasteiger partial charge >= 0.3 is 5.97 Å². The van der Waals surface area contributed by atoms with Crippen LogP contribution in [0.3, 0.4) is 0 Å². The molecule has 0 saturated carbocycles. The average Bonchev–Trinajstić information content (AvgIpc) is 2.81. The number of methoxy groups -OCH3 is 1. The monoisotopic (exact) mass is 260 g/mol. The summed E-state index contributed by atoms with van der Waals surface area (Å²) in [6.45, 7) is 1.77. The summed E-state index contributed by atoms with van der Waals surface area (Å²) in [6.07, 6.45) is 1.85. The molecule has 0 bridgehead atoms. The largest absolute Gasteiger partial charge is 0.467 e. The van der Waals surface area contributed by atoms with Gasteiger partial charge < -0.3 is 14.6 Å². The van der Waals surface area contributed by atoms with Gasteiger partial charge in [-0.15, -0.1) is 0 Å². The SMILES string of the molecule is COC(=O)[C@H](C)NC(=O)Cn1ccc2ccccc21. The quantitative estimate of drug-likeness (QED) is 0.843. The second kappa shape index (κ2) is 5.56. The Morgan fingerprint density at radius 3 is 2.79 bits per heavy atom. The number of esters is 1. The average molecular weight is 260 g/mol. The van der Waals surface area contributed by atoms with Crippen LogP contribution in [0.5, 0.6) is 0 Å². The Labute approximate surface area is 111 Å². The molecule has 0 spiro atoms. The molecular formula is C14H16N2O3. The molecule has 0 fully saturated rings. The second-order valence-corrected chi connectivity index (χ2v) is 4.31. The van der Waals surface area contributed by atoms with E-state index in [-0.39, 0.29) is 12.5 Å². The number of nitrogens with zero attached hydrogens (tertiary/aromatic N) is 1. The van der Waals surface area contributed by atoms with Crippen molar-refractivity contribution in [3.05, 3.63) is 36.5 Å². The normalized spacial score (nSPS) is 12.1. The van der Waals surface area contributed by atoms with Gasteiger partial charge in [0.15, 0.2) is 0 Å². The molecule has 5 heteroatoms. The minimum atomic E-state index is -0.640. The number of benzene rings is 1. The van der Waals surface area contributed by atoms with Crippen LogP contribution in [0.1, 0.15) is 6.92 Å². The van der Waals surface area contributed by atoms with Gasteiger partial charge in [0.1, 0.15) is 12.6 Å². The number of hydrogen-bond acceptors (Lipinski definition) is 3. The van der Waals surface area contributed by atoms with E-state index in [1.807, 2.05) is 41.1 Å². The molecule has 0 aliphatic rings. The first kappa shape index (κ1) is 13.1. The Kier molecular flexibility index (Phi) is 3.85. The predicted molar refractivity (Wildman–Crippen MR) is 71.6 cm³/mol. The number of fused-ring (bicyclic) bond motifs is 1. The fourth-order valence-electron chi connectivity index (χ4n) is 1.96. The first-order chi connectivity index (χ1) is 9.11. The Bertz CT molecular complexity index is 604. The molecule has 100 valence electrons. The third-order valence-electron chi connectivity index (χ3n) is 2.93. The van der Waals surface area contributed by atoms with Gasteiger partial charge in [-0.25, -0.2) is 4.79 Å². The number of aromatic nitrogens is 1. The van der Waals surface area contributed by atoms with E-state index in [1.165, 1.54) is 7.11 Å². The molecule has 1 atom stereocenters.